The Morgan fingerprint density at radius 1 is 1.42 bits per heavy atom. The number of nitrogens with zero attached hydrogens (tertiary/aromatic N) is 1. The molecule has 4 heteroatoms. The van der Waals surface area contributed by atoms with E-state index in [-0.39, 0.29) is 6.10 Å². The van der Waals surface area contributed by atoms with Gasteiger partial charge in [-0.1, -0.05) is 6.42 Å². The van der Waals surface area contributed by atoms with Crippen molar-refractivity contribution in [1.29, 1.82) is 5.26 Å². The van der Waals surface area contributed by atoms with Crippen molar-refractivity contribution in [1.82, 2.24) is 0 Å². The van der Waals surface area contributed by atoms with Crippen molar-refractivity contribution in [2.24, 2.45) is 5.92 Å². The van der Waals surface area contributed by atoms with E-state index in [2.05, 4.69) is 11.4 Å². The van der Waals surface area contributed by atoms with Gasteiger partial charge in [0.2, 0.25) is 0 Å². The van der Waals surface area contributed by atoms with Crippen molar-refractivity contribution >= 4 is 11.4 Å². The summed E-state index contributed by atoms with van der Waals surface area (Å²) in [6.45, 7) is 0.868. The Morgan fingerprint density at radius 3 is 3.00 bits per heavy atom. The molecule has 2 rings (SSSR count). The van der Waals surface area contributed by atoms with Crippen LogP contribution in [0.15, 0.2) is 18.2 Å². The summed E-state index contributed by atoms with van der Waals surface area (Å²) in [4.78, 5) is 0. The maximum absolute atomic E-state index is 9.65. The van der Waals surface area contributed by atoms with E-state index in [1.807, 2.05) is 18.2 Å². The summed E-state index contributed by atoms with van der Waals surface area (Å²) in [5.41, 5.74) is 8.36. The van der Waals surface area contributed by atoms with Gasteiger partial charge < -0.3 is 16.2 Å². The largest absolute Gasteiger partial charge is 0.398 e. The van der Waals surface area contributed by atoms with E-state index in [4.69, 9.17) is 11.0 Å². The molecule has 19 heavy (non-hydrogen) atoms. The van der Waals surface area contributed by atoms with Crippen LogP contribution in [0, 0.1) is 17.2 Å². The van der Waals surface area contributed by atoms with Crippen LogP contribution in [0.3, 0.4) is 0 Å². The standard InChI is InChI=1S/C15H21N3O/c16-7-6-12-9-13(4-5-15(12)17)18-10-11-2-1-3-14(19)8-11/h4-5,9,11,14,18-19H,1-3,6,8,10,17H2. The maximum Gasteiger partial charge on any atom is 0.0670 e. The predicted octanol–water partition coefficient (Wildman–Crippen LogP) is 2.30. The van der Waals surface area contributed by atoms with Gasteiger partial charge in [-0.2, -0.15) is 5.26 Å². The first-order valence-electron chi connectivity index (χ1n) is 6.86. The van der Waals surface area contributed by atoms with Crippen LogP contribution in [0.4, 0.5) is 11.4 Å². The Bertz CT molecular complexity index is 467. The van der Waals surface area contributed by atoms with E-state index in [9.17, 15) is 5.11 Å². The van der Waals surface area contributed by atoms with Crippen molar-refractivity contribution in [3.63, 3.8) is 0 Å². The summed E-state index contributed by atoms with van der Waals surface area (Å²) in [6, 6.07) is 7.84. The third-order valence-corrected chi connectivity index (χ3v) is 3.76. The zero-order valence-corrected chi connectivity index (χ0v) is 11.1. The minimum absolute atomic E-state index is 0.138. The van der Waals surface area contributed by atoms with Gasteiger partial charge in [-0.05, 0) is 48.9 Å². The van der Waals surface area contributed by atoms with E-state index in [1.54, 1.807) is 0 Å². The smallest absolute Gasteiger partial charge is 0.0670 e. The zero-order chi connectivity index (χ0) is 13.7. The van der Waals surface area contributed by atoms with Gasteiger partial charge in [-0.25, -0.2) is 0 Å². The fraction of sp³-hybridized carbons (Fsp3) is 0.533. The molecule has 1 aromatic rings. The molecule has 2 atom stereocenters. The number of benzene rings is 1. The van der Waals surface area contributed by atoms with Gasteiger partial charge in [0.15, 0.2) is 0 Å². The number of nitrogens with two attached hydrogens (primary N) is 1. The van der Waals surface area contributed by atoms with Crippen molar-refractivity contribution in [3.05, 3.63) is 23.8 Å². The second-order valence-electron chi connectivity index (χ2n) is 5.32. The van der Waals surface area contributed by atoms with Crippen molar-refractivity contribution < 1.29 is 5.11 Å². The molecule has 1 saturated carbocycles. The van der Waals surface area contributed by atoms with Gasteiger partial charge in [0, 0.05) is 17.9 Å². The lowest BCUT2D eigenvalue weighted by atomic mass is 9.87. The van der Waals surface area contributed by atoms with Crippen molar-refractivity contribution in [2.75, 3.05) is 17.6 Å². The number of nitrogens with one attached hydrogen (secondary N) is 1. The highest BCUT2D eigenvalue weighted by molar-refractivity contribution is 5.58. The summed E-state index contributed by atoms with van der Waals surface area (Å²) >= 11 is 0. The first-order chi connectivity index (χ1) is 9.19. The molecule has 102 valence electrons. The molecule has 1 fully saturated rings. The topological polar surface area (TPSA) is 82.1 Å². The Morgan fingerprint density at radius 2 is 2.26 bits per heavy atom. The van der Waals surface area contributed by atoms with Gasteiger partial charge >= 0.3 is 0 Å². The molecule has 0 spiro atoms. The molecule has 0 saturated heterocycles. The fourth-order valence-electron chi connectivity index (χ4n) is 2.66. The minimum Gasteiger partial charge on any atom is -0.398 e. The minimum atomic E-state index is -0.138. The first-order valence-corrected chi connectivity index (χ1v) is 6.86. The van der Waals surface area contributed by atoms with Crippen LogP contribution in [0.5, 0.6) is 0 Å². The lowest BCUT2D eigenvalue weighted by molar-refractivity contribution is 0.105. The van der Waals surface area contributed by atoms with Crippen LogP contribution < -0.4 is 11.1 Å². The Kier molecular flexibility index (Phi) is 4.64. The third kappa shape index (κ3) is 3.87. The second-order valence-corrected chi connectivity index (χ2v) is 5.32. The normalized spacial score (nSPS) is 22.7. The zero-order valence-electron chi connectivity index (χ0n) is 11.1. The molecule has 4 nitrogen and oxygen atoms in total. The van der Waals surface area contributed by atoms with Crippen LogP contribution in [-0.2, 0) is 6.42 Å². The molecule has 1 aliphatic rings. The summed E-state index contributed by atoms with van der Waals surface area (Å²) in [6.07, 6.45) is 4.29. The molecule has 0 heterocycles. The van der Waals surface area contributed by atoms with Crippen molar-refractivity contribution in [2.45, 2.75) is 38.2 Å². The predicted molar refractivity (Wildman–Crippen MR) is 76.6 cm³/mol. The van der Waals surface area contributed by atoms with Crippen LogP contribution in [0.25, 0.3) is 0 Å². The average Bonchev–Trinajstić information content (AvgIpc) is 2.40. The monoisotopic (exact) mass is 259 g/mol. The number of hydrogen-bond donors (Lipinski definition) is 3. The van der Waals surface area contributed by atoms with Crippen LogP contribution in [0.1, 0.15) is 31.2 Å². The van der Waals surface area contributed by atoms with E-state index in [0.717, 1.165) is 37.1 Å². The number of nitriles is 1. The quantitative estimate of drug-likeness (QED) is 0.725. The van der Waals surface area contributed by atoms with Crippen LogP contribution in [-0.4, -0.2) is 17.8 Å². The van der Waals surface area contributed by atoms with E-state index in [0.29, 0.717) is 18.0 Å². The van der Waals surface area contributed by atoms with Gasteiger partial charge in [-0.3, -0.25) is 0 Å². The van der Waals surface area contributed by atoms with Gasteiger partial charge in [0.1, 0.15) is 0 Å². The molecule has 1 aromatic carbocycles. The fourth-order valence-corrected chi connectivity index (χ4v) is 2.66. The van der Waals surface area contributed by atoms with Gasteiger partial charge in [-0.15, -0.1) is 0 Å². The van der Waals surface area contributed by atoms with E-state index in [1.165, 1.54) is 6.42 Å². The van der Waals surface area contributed by atoms with Gasteiger partial charge in [0.25, 0.3) is 0 Å². The molecule has 0 aliphatic heterocycles. The summed E-state index contributed by atoms with van der Waals surface area (Å²) < 4.78 is 0. The highest BCUT2D eigenvalue weighted by Crippen LogP contribution is 2.25. The van der Waals surface area contributed by atoms with Crippen LogP contribution in [0.2, 0.25) is 0 Å². The molecular formula is C15H21N3O. The number of hydrogen-bond acceptors (Lipinski definition) is 4. The number of aliphatic hydroxyl groups is 1. The average molecular weight is 259 g/mol. The van der Waals surface area contributed by atoms with E-state index >= 15 is 0 Å². The molecule has 1 aliphatic carbocycles. The summed E-state index contributed by atoms with van der Waals surface area (Å²) in [5.74, 6) is 0.528. The highest BCUT2D eigenvalue weighted by atomic mass is 16.3. The Hall–Kier alpha value is -1.73. The number of rotatable bonds is 4. The molecule has 0 radical (unpaired) electrons. The molecule has 0 amide bonds. The second kappa shape index (κ2) is 6.44. The Balaban J connectivity index is 1.92. The van der Waals surface area contributed by atoms with Crippen LogP contribution >= 0.6 is 0 Å². The molecule has 4 N–H and O–H groups in total. The molecule has 0 bridgehead atoms. The summed E-state index contributed by atoms with van der Waals surface area (Å²) in [5, 5.41) is 21.8. The molecule has 0 aromatic heterocycles. The lowest BCUT2D eigenvalue weighted by Crippen LogP contribution is -2.25. The number of anilines is 2. The third-order valence-electron chi connectivity index (χ3n) is 3.76. The van der Waals surface area contributed by atoms with Crippen molar-refractivity contribution in [3.8, 4) is 6.07 Å². The summed E-state index contributed by atoms with van der Waals surface area (Å²) in [7, 11) is 0. The molecular weight excluding hydrogens is 238 g/mol. The molecule has 2 unspecified atom stereocenters. The SMILES string of the molecule is N#CCc1cc(NCC2CCCC(O)C2)ccc1N. The number of nitrogen functional groups attached to an aromatic ring is 1. The number of aliphatic hydroxyl groups excluding tert-OH is 1. The maximum atomic E-state index is 9.65. The first kappa shape index (κ1) is 13.7. The highest BCUT2D eigenvalue weighted by Gasteiger charge is 2.19. The van der Waals surface area contributed by atoms with E-state index < -0.39 is 0 Å². The lowest BCUT2D eigenvalue weighted by Gasteiger charge is -2.26. The van der Waals surface area contributed by atoms with Gasteiger partial charge in [0.05, 0.1) is 18.6 Å². The Labute approximate surface area is 114 Å².